The Bertz CT molecular complexity index is 1020. The topological polar surface area (TPSA) is 45.6 Å². The van der Waals surface area contributed by atoms with E-state index in [2.05, 4.69) is 0 Å². The maximum absolute atomic E-state index is 13.0. The second-order valence-corrected chi connectivity index (χ2v) is 7.14. The standard InChI is InChI=1S/C22H22FN3O2/c1-24-15-17(19-4-2-3-5-20(19)24)14-21(27)25-10-12-26(13-11-25)22(28)16-6-8-18(23)9-7-16/h2-9,15H,10-14H2,1H3. The van der Waals surface area contributed by atoms with Gasteiger partial charge in [0.1, 0.15) is 5.82 Å². The SMILES string of the molecule is Cn1cc(CC(=O)N2CCN(C(=O)c3ccc(F)cc3)CC2)c2ccccc21. The molecular weight excluding hydrogens is 357 g/mol. The highest BCUT2D eigenvalue weighted by Crippen LogP contribution is 2.21. The van der Waals surface area contributed by atoms with E-state index in [-0.39, 0.29) is 17.6 Å². The van der Waals surface area contributed by atoms with E-state index in [1.807, 2.05) is 47.0 Å². The molecule has 4 rings (SSSR count). The third kappa shape index (κ3) is 3.50. The van der Waals surface area contributed by atoms with Gasteiger partial charge in [0.05, 0.1) is 6.42 Å². The van der Waals surface area contributed by atoms with E-state index in [0.717, 1.165) is 16.5 Å². The molecule has 0 bridgehead atoms. The number of nitrogens with zero attached hydrogens (tertiary/aromatic N) is 3. The molecule has 0 atom stereocenters. The lowest BCUT2D eigenvalue weighted by Gasteiger charge is -2.35. The van der Waals surface area contributed by atoms with Gasteiger partial charge in [-0.25, -0.2) is 4.39 Å². The lowest BCUT2D eigenvalue weighted by Crippen LogP contribution is -2.51. The van der Waals surface area contributed by atoms with Crippen molar-refractivity contribution in [1.82, 2.24) is 14.4 Å². The van der Waals surface area contributed by atoms with Crippen molar-refractivity contribution >= 4 is 22.7 Å². The molecule has 0 spiro atoms. The number of halogens is 1. The number of hydrogen-bond donors (Lipinski definition) is 0. The molecule has 1 aromatic heterocycles. The molecule has 1 aliphatic heterocycles. The lowest BCUT2D eigenvalue weighted by atomic mass is 10.1. The first-order valence-electron chi connectivity index (χ1n) is 9.38. The van der Waals surface area contributed by atoms with Gasteiger partial charge in [-0.15, -0.1) is 0 Å². The van der Waals surface area contributed by atoms with Crippen LogP contribution in [0.3, 0.4) is 0 Å². The molecule has 2 aromatic carbocycles. The van der Waals surface area contributed by atoms with Crippen LogP contribution < -0.4 is 0 Å². The number of carbonyl (C=O) groups excluding carboxylic acids is 2. The van der Waals surface area contributed by atoms with Crippen LogP contribution >= 0.6 is 0 Å². The zero-order valence-corrected chi connectivity index (χ0v) is 15.8. The highest BCUT2D eigenvalue weighted by Gasteiger charge is 2.25. The first kappa shape index (κ1) is 18.2. The first-order chi connectivity index (χ1) is 13.5. The van der Waals surface area contributed by atoms with Gasteiger partial charge in [-0.2, -0.15) is 0 Å². The van der Waals surface area contributed by atoms with Crippen molar-refractivity contribution in [3.8, 4) is 0 Å². The fourth-order valence-corrected chi connectivity index (χ4v) is 3.78. The minimum Gasteiger partial charge on any atom is -0.350 e. The smallest absolute Gasteiger partial charge is 0.253 e. The van der Waals surface area contributed by atoms with Crippen molar-refractivity contribution in [1.29, 1.82) is 0 Å². The second kappa shape index (κ2) is 7.46. The van der Waals surface area contributed by atoms with E-state index in [1.54, 1.807) is 4.90 Å². The Morgan fingerprint density at radius 3 is 2.29 bits per heavy atom. The summed E-state index contributed by atoms with van der Waals surface area (Å²) in [6.07, 6.45) is 2.37. The van der Waals surface area contributed by atoms with Crippen LogP contribution in [0.1, 0.15) is 15.9 Å². The number of fused-ring (bicyclic) bond motifs is 1. The van der Waals surface area contributed by atoms with Crippen molar-refractivity contribution in [2.45, 2.75) is 6.42 Å². The Hall–Kier alpha value is -3.15. The molecule has 0 unspecified atom stereocenters. The van der Waals surface area contributed by atoms with Gasteiger partial charge < -0.3 is 14.4 Å². The van der Waals surface area contributed by atoms with Crippen LogP contribution in [0.25, 0.3) is 10.9 Å². The van der Waals surface area contributed by atoms with Crippen molar-refractivity contribution in [3.05, 3.63) is 71.7 Å². The summed E-state index contributed by atoms with van der Waals surface area (Å²) in [5.74, 6) is -0.410. The molecule has 1 saturated heterocycles. The van der Waals surface area contributed by atoms with Gasteiger partial charge >= 0.3 is 0 Å². The van der Waals surface area contributed by atoms with Gasteiger partial charge in [0.25, 0.3) is 5.91 Å². The molecule has 2 heterocycles. The van der Waals surface area contributed by atoms with Crippen molar-refractivity contribution in [3.63, 3.8) is 0 Å². The van der Waals surface area contributed by atoms with E-state index >= 15 is 0 Å². The number of amides is 2. The van der Waals surface area contributed by atoms with Gasteiger partial charge in [-0.05, 0) is 35.9 Å². The summed E-state index contributed by atoms with van der Waals surface area (Å²) >= 11 is 0. The van der Waals surface area contributed by atoms with Crippen LogP contribution in [-0.4, -0.2) is 52.4 Å². The van der Waals surface area contributed by atoms with Crippen LogP contribution in [0.4, 0.5) is 4.39 Å². The molecule has 2 amide bonds. The molecule has 6 heteroatoms. The summed E-state index contributed by atoms with van der Waals surface area (Å²) in [6, 6.07) is 13.6. The third-order valence-corrected chi connectivity index (χ3v) is 5.33. The summed E-state index contributed by atoms with van der Waals surface area (Å²) < 4.78 is 15.1. The largest absolute Gasteiger partial charge is 0.350 e. The van der Waals surface area contributed by atoms with Crippen LogP contribution in [0, 0.1) is 5.82 Å². The average Bonchev–Trinajstić information content (AvgIpc) is 3.04. The Labute approximate surface area is 163 Å². The number of para-hydroxylation sites is 1. The van der Waals surface area contributed by atoms with Crippen molar-refractivity contribution in [2.75, 3.05) is 26.2 Å². The fourth-order valence-electron chi connectivity index (χ4n) is 3.78. The molecule has 1 fully saturated rings. The Kier molecular flexibility index (Phi) is 4.86. The molecule has 144 valence electrons. The summed E-state index contributed by atoms with van der Waals surface area (Å²) in [7, 11) is 1.98. The Balaban J connectivity index is 1.38. The maximum Gasteiger partial charge on any atom is 0.253 e. The summed E-state index contributed by atoms with van der Waals surface area (Å²) in [4.78, 5) is 28.8. The molecule has 0 N–H and O–H groups in total. The molecule has 28 heavy (non-hydrogen) atoms. The Morgan fingerprint density at radius 1 is 0.929 bits per heavy atom. The predicted molar refractivity (Wildman–Crippen MR) is 106 cm³/mol. The van der Waals surface area contributed by atoms with Crippen LogP contribution in [0.2, 0.25) is 0 Å². The van der Waals surface area contributed by atoms with E-state index in [1.165, 1.54) is 24.3 Å². The van der Waals surface area contributed by atoms with E-state index in [4.69, 9.17) is 0 Å². The number of hydrogen-bond acceptors (Lipinski definition) is 2. The van der Waals surface area contributed by atoms with Crippen LogP contribution in [0.5, 0.6) is 0 Å². The zero-order valence-electron chi connectivity index (χ0n) is 15.8. The van der Waals surface area contributed by atoms with Gasteiger partial charge in [0.2, 0.25) is 5.91 Å². The number of aryl methyl sites for hydroxylation is 1. The maximum atomic E-state index is 13.0. The molecule has 0 radical (unpaired) electrons. The van der Waals surface area contributed by atoms with Gasteiger partial charge in [0, 0.05) is 55.9 Å². The Morgan fingerprint density at radius 2 is 1.57 bits per heavy atom. The molecule has 1 aliphatic rings. The number of aromatic nitrogens is 1. The fraction of sp³-hybridized carbons (Fsp3) is 0.273. The van der Waals surface area contributed by atoms with Crippen molar-refractivity contribution < 1.29 is 14.0 Å². The number of carbonyl (C=O) groups is 2. The van der Waals surface area contributed by atoms with Crippen LogP contribution in [0.15, 0.2) is 54.7 Å². The highest BCUT2D eigenvalue weighted by molar-refractivity contribution is 5.94. The van der Waals surface area contributed by atoms with Crippen molar-refractivity contribution in [2.24, 2.45) is 7.05 Å². The van der Waals surface area contributed by atoms with Crippen LogP contribution in [-0.2, 0) is 18.3 Å². The molecule has 0 saturated carbocycles. The monoisotopic (exact) mass is 379 g/mol. The van der Waals surface area contributed by atoms with E-state index < -0.39 is 0 Å². The predicted octanol–water partition coefficient (Wildman–Crippen LogP) is 2.84. The molecule has 0 aliphatic carbocycles. The minimum atomic E-state index is -0.361. The second-order valence-electron chi connectivity index (χ2n) is 7.14. The quantitative estimate of drug-likeness (QED) is 0.703. The molecule has 5 nitrogen and oxygen atoms in total. The van der Waals surface area contributed by atoms with E-state index in [9.17, 15) is 14.0 Å². The summed E-state index contributed by atoms with van der Waals surface area (Å²) in [5.41, 5.74) is 2.60. The van der Waals surface area contributed by atoms with Gasteiger partial charge in [-0.3, -0.25) is 9.59 Å². The summed E-state index contributed by atoms with van der Waals surface area (Å²) in [6.45, 7) is 1.99. The number of benzene rings is 2. The molecular formula is C22H22FN3O2. The average molecular weight is 379 g/mol. The zero-order chi connectivity index (χ0) is 19.7. The van der Waals surface area contributed by atoms with E-state index in [0.29, 0.717) is 38.2 Å². The third-order valence-electron chi connectivity index (χ3n) is 5.33. The highest BCUT2D eigenvalue weighted by atomic mass is 19.1. The van der Waals surface area contributed by atoms with Gasteiger partial charge in [0.15, 0.2) is 0 Å². The lowest BCUT2D eigenvalue weighted by molar-refractivity contribution is -0.131. The summed E-state index contributed by atoms with van der Waals surface area (Å²) in [5, 5.41) is 1.10. The number of rotatable bonds is 3. The first-order valence-corrected chi connectivity index (χ1v) is 9.38. The number of piperazine rings is 1. The normalized spacial score (nSPS) is 14.5. The minimum absolute atomic E-state index is 0.0743. The van der Waals surface area contributed by atoms with Gasteiger partial charge in [-0.1, -0.05) is 18.2 Å². The molecule has 3 aromatic rings.